The fourth-order valence-corrected chi connectivity index (χ4v) is 5.22. The van der Waals surface area contributed by atoms with Gasteiger partial charge in [0.25, 0.3) is 5.91 Å². The van der Waals surface area contributed by atoms with Crippen LogP contribution in [0.25, 0.3) is 0 Å². The van der Waals surface area contributed by atoms with Crippen LogP contribution < -0.4 is 0 Å². The molecule has 0 unspecified atom stereocenters. The lowest BCUT2D eigenvalue weighted by Crippen LogP contribution is -2.30. The number of hydrogen-bond acceptors (Lipinski definition) is 2. The number of amides is 1. The SMILES string of the molecule is CON(C)C(=O)CS(C)(c1ccc(Cl)cc1)c1ccc(Cl)cc1. The van der Waals surface area contributed by atoms with E-state index in [1.54, 1.807) is 7.05 Å². The Morgan fingerprint density at radius 2 is 1.39 bits per heavy atom. The van der Waals surface area contributed by atoms with Gasteiger partial charge in [-0.3, -0.25) is 9.63 Å². The van der Waals surface area contributed by atoms with Gasteiger partial charge < -0.3 is 0 Å². The predicted octanol–water partition coefficient (Wildman–Crippen LogP) is 4.87. The molecule has 0 atom stereocenters. The fraction of sp³-hybridized carbons (Fsp3) is 0.235. The summed E-state index contributed by atoms with van der Waals surface area (Å²) >= 11 is 12.0. The maximum atomic E-state index is 12.4. The van der Waals surface area contributed by atoms with Crippen LogP contribution in [0.4, 0.5) is 0 Å². The van der Waals surface area contributed by atoms with Gasteiger partial charge >= 0.3 is 0 Å². The summed E-state index contributed by atoms with van der Waals surface area (Å²) in [4.78, 5) is 19.6. The number of nitrogens with zero attached hydrogens (tertiary/aromatic N) is 1. The zero-order valence-corrected chi connectivity index (χ0v) is 15.6. The topological polar surface area (TPSA) is 29.5 Å². The molecule has 124 valence electrons. The molecule has 23 heavy (non-hydrogen) atoms. The Kier molecular flexibility index (Phi) is 5.98. The van der Waals surface area contributed by atoms with Crippen molar-refractivity contribution in [2.45, 2.75) is 9.79 Å². The van der Waals surface area contributed by atoms with Crippen molar-refractivity contribution in [3.8, 4) is 0 Å². The Morgan fingerprint density at radius 1 is 1.00 bits per heavy atom. The Hall–Kier alpha value is -1.20. The monoisotopic (exact) mass is 371 g/mol. The standard InChI is InChI=1S/C17H19Cl2NO2S/c1-20(22-2)17(21)12-23(3,15-8-4-13(18)5-9-15)16-10-6-14(19)7-11-16/h4-11H,12H2,1-3H3. The minimum Gasteiger partial charge on any atom is -0.275 e. The molecule has 0 aliphatic heterocycles. The van der Waals surface area contributed by atoms with Crippen LogP contribution in [0.15, 0.2) is 58.3 Å². The second kappa shape index (κ2) is 7.58. The molecule has 0 spiro atoms. The molecule has 2 aromatic carbocycles. The summed E-state index contributed by atoms with van der Waals surface area (Å²) in [5.41, 5.74) is 0. The third-order valence-electron chi connectivity index (χ3n) is 3.70. The van der Waals surface area contributed by atoms with Crippen LogP contribution in [0, 0.1) is 0 Å². The summed E-state index contributed by atoms with van der Waals surface area (Å²) < 4.78 is 0. The van der Waals surface area contributed by atoms with Crippen molar-refractivity contribution in [1.29, 1.82) is 0 Å². The normalized spacial score (nSPS) is 12.0. The maximum absolute atomic E-state index is 12.4. The van der Waals surface area contributed by atoms with Gasteiger partial charge in [-0.05, 0) is 64.6 Å². The molecule has 0 saturated carbocycles. The number of benzene rings is 2. The van der Waals surface area contributed by atoms with Crippen LogP contribution in [0.2, 0.25) is 10.0 Å². The molecular formula is C17H19Cl2NO2S. The number of carbonyl (C=O) groups is 1. The molecular weight excluding hydrogens is 353 g/mol. The number of hydroxylamine groups is 2. The van der Waals surface area contributed by atoms with Gasteiger partial charge in [0.1, 0.15) is 0 Å². The van der Waals surface area contributed by atoms with Gasteiger partial charge in [-0.2, -0.15) is 10.0 Å². The van der Waals surface area contributed by atoms with Crippen molar-refractivity contribution in [1.82, 2.24) is 5.06 Å². The first-order chi connectivity index (χ1) is 10.9. The third-order valence-corrected chi connectivity index (χ3v) is 7.66. The highest BCUT2D eigenvalue weighted by molar-refractivity contribution is 8.33. The van der Waals surface area contributed by atoms with Gasteiger partial charge in [-0.25, -0.2) is 5.06 Å². The molecule has 2 rings (SSSR count). The van der Waals surface area contributed by atoms with E-state index in [4.69, 9.17) is 28.0 Å². The molecule has 0 heterocycles. The molecule has 0 fully saturated rings. The molecule has 0 radical (unpaired) electrons. The first-order valence-electron chi connectivity index (χ1n) is 6.95. The molecule has 0 bridgehead atoms. The largest absolute Gasteiger partial charge is 0.275 e. The molecule has 0 aromatic heterocycles. The van der Waals surface area contributed by atoms with Crippen molar-refractivity contribution < 1.29 is 9.63 Å². The fourth-order valence-electron chi connectivity index (χ4n) is 2.21. The summed E-state index contributed by atoms with van der Waals surface area (Å²) in [6.07, 6.45) is 2.11. The molecule has 0 saturated heterocycles. The van der Waals surface area contributed by atoms with Crippen LogP contribution in [0.5, 0.6) is 0 Å². The van der Waals surface area contributed by atoms with Gasteiger partial charge in [0.05, 0.1) is 12.9 Å². The van der Waals surface area contributed by atoms with E-state index in [-0.39, 0.29) is 5.91 Å². The van der Waals surface area contributed by atoms with Crippen molar-refractivity contribution in [2.75, 3.05) is 26.2 Å². The lowest BCUT2D eigenvalue weighted by molar-refractivity contribution is -0.165. The molecule has 2 aromatic rings. The van der Waals surface area contributed by atoms with Gasteiger partial charge in [-0.15, -0.1) is 0 Å². The molecule has 0 aliphatic carbocycles. The molecule has 6 heteroatoms. The second-order valence-corrected chi connectivity index (χ2v) is 9.49. The van der Waals surface area contributed by atoms with Crippen molar-refractivity contribution in [3.63, 3.8) is 0 Å². The molecule has 0 aliphatic rings. The first kappa shape index (κ1) is 18.1. The first-order valence-corrected chi connectivity index (χ1v) is 9.91. The lowest BCUT2D eigenvalue weighted by atomic mass is 10.4. The number of carbonyl (C=O) groups excluding carboxylic acids is 1. The van der Waals surface area contributed by atoms with Crippen LogP contribution in [-0.2, 0) is 9.63 Å². The maximum Gasteiger partial charge on any atom is 0.254 e. The molecule has 0 N–H and O–H groups in total. The molecule has 3 nitrogen and oxygen atoms in total. The average molecular weight is 372 g/mol. The predicted molar refractivity (Wildman–Crippen MR) is 97.6 cm³/mol. The van der Waals surface area contributed by atoms with Crippen LogP contribution in [0.3, 0.4) is 0 Å². The Labute approximate surface area is 148 Å². The van der Waals surface area contributed by atoms with Crippen LogP contribution in [0.1, 0.15) is 0 Å². The summed E-state index contributed by atoms with van der Waals surface area (Å²) in [6, 6.07) is 15.3. The van der Waals surface area contributed by atoms with Crippen molar-refractivity contribution in [3.05, 3.63) is 58.6 Å². The second-order valence-electron chi connectivity index (χ2n) is 5.21. The minimum absolute atomic E-state index is 0.0742. The van der Waals surface area contributed by atoms with E-state index < -0.39 is 10.0 Å². The summed E-state index contributed by atoms with van der Waals surface area (Å²) in [7, 11) is 1.53. The Morgan fingerprint density at radius 3 is 1.74 bits per heavy atom. The Bertz CT molecular complexity index is 628. The van der Waals surface area contributed by atoms with Crippen LogP contribution >= 0.6 is 33.2 Å². The van der Waals surface area contributed by atoms with Gasteiger partial charge in [0.2, 0.25) is 0 Å². The smallest absolute Gasteiger partial charge is 0.254 e. The zero-order valence-electron chi connectivity index (χ0n) is 13.3. The van der Waals surface area contributed by atoms with E-state index in [0.29, 0.717) is 15.8 Å². The summed E-state index contributed by atoms with van der Waals surface area (Å²) in [5.74, 6) is 0.274. The van der Waals surface area contributed by atoms with E-state index in [1.165, 1.54) is 12.2 Å². The third kappa shape index (κ3) is 4.21. The van der Waals surface area contributed by atoms with Gasteiger partial charge in [-0.1, -0.05) is 23.2 Å². The summed E-state index contributed by atoms with van der Waals surface area (Å²) in [6.45, 7) is 0. The van der Waals surface area contributed by atoms with E-state index in [9.17, 15) is 4.79 Å². The lowest BCUT2D eigenvalue weighted by Gasteiger charge is -2.37. The van der Waals surface area contributed by atoms with E-state index >= 15 is 0 Å². The highest BCUT2D eigenvalue weighted by Crippen LogP contribution is 2.59. The van der Waals surface area contributed by atoms with E-state index in [1.807, 2.05) is 48.5 Å². The Balaban J connectivity index is 2.47. The molecule has 1 amide bonds. The number of halogens is 2. The quantitative estimate of drug-likeness (QED) is 0.701. The van der Waals surface area contributed by atoms with Gasteiger partial charge in [0.15, 0.2) is 0 Å². The zero-order chi connectivity index (χ0) is 17.0. The highest BCUT2D eigenvalue weighted by Gasteiger charge is 2.28. The minimum atomic E-state index is -1.57. The average Bonchev–Trinajstić information content (AvgIpc) is 2.55. The van der Waals surface area contributed by atoms with E-state index in [2.05, 4.69) is 6.26 Å². The highest BCUT2D eigenvalue weighted by atomic mass is 35.5. The van der Waals surface area contributed by atoms with Crippen LogP contribution in [-0.4, -0.2) is 37.1 Å². The number of hydrogen-bond donors (Lipinski definition) is 0. The number of rotatable bonds is 5. The van der Waals surface area contributed by atoms with Gasteiger partial charge in [0, 0.05) is 17.1 Å². The summed E-state index contributed by atoms with van der Waals surface area (Å²) in [5, 5.41) is 2.61. The van der Waals surface area contributed by atoms with Crippen molar-refractivity contribution in [2.24, 2.45) is 0 Å². The van der Waals surface area contributed by atoms with E-state index in [0.717, 1.165) is 9.79 Å². The van der Waals surface area contributed by atoms with Crippen molar-refractivity contribution >= 4 is 39.1 Å².